The van der Waals surface area contributed by atoms with E-state index in [0.29, 0.717) is 24.6 Å². The number of benzene rings is 1. The summed E-state index contributed by atoms with van der Waals surface area (Å²) in [5.41, 5.74) is 0.132. The van der Waals surface area contributed by atoms with Crippen molar-refractivity contribution in [1.29, 1.82) is 0 Å². The van der Waals surface area contributed by atoms with Crippen LogP contribution in [0.3, 0.4) is 0 Å². The van der Waals surface area contributed by atoms with E-state index in [1.54, 1.807) is 11.1 Å². The number of rotatable bonds is 5. The van der Waals surface area contributed by atoms with Gasteiger partial charge in [0.1, 0.15) is 12.1 Å². The lowest BCUT2D eigenvalue weighted by Crippen LogP contribution is -2.47. The summed E-state index contributed by atoms with van der Waals surface area (Å²) >= 11 is 0. The molecule has 3 aromatic rings. The van der Waals surface area contributed by atoms with Crippen molar-refractivity contribution < 1.29 is 18.0 Å². The van der Waals surface area contributed by atoms with Crippen LogP contribution in [0.15, 0.2) is 36.8 Å². The van der Waals surface area contributed by atoms with Gasteiger partial charge in [0.25, 0.3) is 0 Å². The van der Waals surface area contributed by atoms with E-state index in [2.05, 4.69) is 30.8 Å². The van der Waals surface area contributed by atoms with Crippen LogP contribution in [0.1, 0.15) is 18.4 Å². The minimum atomic E-state index is -4.42. The molecule has 158 valence electrons. The summed E-state index contributed by atoms with van der Waals surface area (Å²) in [6.45, 7) is 1.01. The van der Waals surface area contributed by atoms with Crippen molar-refractivity contribution in [3.63, 3.8) is 0 Å². The molecule has 2 aromatic heterocycles. The van der Waals surface area contributed by atoms with Gasteiger partial charge in [-0.2, -0.15) is 18.3 Å². The van der Waals surface area contributed by atoms with Gasteiger partial charge in [-0.15, -0.1) is 0 Å². The number of amides is 1. The molecule has 1 aliphatic heterocycles. The molecule has 0 bridgehead atoms. The Balaban J connectivity index is 1.35. The van der Waals surface area contributed by atoms with Crippen molar-refractivity contribution in [3.05, 3.63) is 42.4 Å². The van der Waals surface area contributed by atoms with E-state index in [1.165, 1.54) is 18.5 Å². The van der Waals surface area contributed by atoms with Crippen LogP contribution >= 0.6 is 0 Å². The van der Waals surface area contributed by atoms with E-state index in [9.17, 15) is 18.0 Å². The molecule has 0 unspecified atom stereocenters. The molecule has 1 fully saturated rings. The number of fused-ring (bicyclic) bond motifs is 1. The fraction of sp³-hybridized carbons (Fsp3) is 0.368. The predicted octanol–water partition coefficient (Wildman–Crippen LogP) is 2.89. The van der Waals surface area contributed by atoms with E-state index in [-0.39, 0.29) is 24.2 Å². The molecular formula is C19H20F3N7O. The predicted molar refractivity (Wildman–Crippen MR) is 105 cm³/mol. The topological polar surface area (TPSA) is 98.8 Å². The van der Waals surface area contributed by atoms with Gasteiger partial charge in [0.2, 0.25) is 5.91 Å². The molecule has 0 radical (unpaired) electrons. The third kappa shape index (κ3) is 4.44. The minimum Gasteiger partial charge on any atom is -0.376 e. The lowest BCUT2D eigenvalue weighted by molar-refractivity contribution is -0.137. The first-order valence-corrected chi connectivity index (χ1v) is 9.49. The van der Waals surface area contributed by atoms with Crippen LogP contribution in [0.5, 0.6) is 0 Å². The summed E-state index contributed by atoms with van der Waals surface area (Å²) in [6.07, 6.45) is 0.339. The van der Waals surface area contributed by atoms with Gasteiger partial charge in [-0.1, -0.05) is 6.07 Å². The van der Waals surface area contributed by atoms with E-state index < -0.39 is 11.7 Å². The summed E-state index contributed by atoms with van der Waals surface area (Å²) < 4.78 is 38.5. The zero-order chi connectivity index (χ0) is 21.1. The Kier molecular flexibility index (Phi) is 5.42. The SMILES string of the molecule is O=C(CNc1cccc(C(F)(F)F)c1)N1CCC[C@H](Nc2ncnc3[nH]ncc23)C1. The number of hydrogen-bond donors (Lipinski definition) is 3. The molecular weight excluding hydrogens is 399 g/mol. The van der Waals surface area contributed by atoms with Crippen LogP contribution in [-0.2, 0) is 11.0 Å². The Hall–Kier alpha value is -3.37. The van der Waals surface area contributed by atoms with Crippen molar-refractivity contribution in [2.75, 3.05) is 30.3 Å². The number of piperidine rings is 1. The third-order valence-electron chi connectivity index (χ3n) is 5.00. The van der Waals surface area contributed by atoms with Crippen LogP contribution in [0, 0.1) is 0 Å². The maximum atomic E-state index is 12.8. The quantitative estimate of drug-likeness (QED) is 0.588. The molecule has 0 spiro atoms. The number of nitrogens with zero attached hydrogens (tertiary/aromatic N) is 4. The van der Waals surface area contributed by atoms with E-state index in [0.717, 1.165) is 30.4 Å². The van der Waals surface area contributed by atoms with Crippen LogP contribution < -0.4 is 10.6 Å². The molecule has 3 N–H and O–H groups in total. The first-order valence-electron chi connectivity index (χ1n) is 9.49. The smallest absolute Gasteiger partial charge is 0.376 e. The third-order valence-corrected chi connectivity index (χ3v) is 5.00. The molecule has 3 heterocycles. The number of H-pyrrole nitrogens is 1. The van der Waals surface area contributed by atoms with Gasteiger partial charge < -0.3 is 15.5 Å². The lowest BCUT2D eigenvalue weighted by Gasteiger charge is -2.33. The molecule has 0 aliphatic carbocycles. The second-order valence-electron chi connectivity index (χ2n) is 7.11. The highest BCUT2D eigenvalue weighted by Gasteiger charge is 2.30. The number of aromatic nitrogens is 4. The molecule has 1 saturated heterocycles. The van der Waals surface area contributed by atoms with Crippen molar-refractivity contribution in [2.45, 2.75) is 25.1 Å². The summed E-state index contributed by atoms with van der Waals surface area (Å²) in [6, 6.07) is 4.82. The van der Waals surface area contributed by atoms with Crippen molar-refractivity contribution in [3.8, 4) is 0 Å². The van der Waals surface area contributed by atoms with Crippen LogP contribution in [-0.4, -0.2) is 56.6 Å². The van der Waals surface area contributed by atoms with E-state index in [1.807, 2.05) is 0 Å². The number of alkyl halides is 3. The molecule has 11 heteroatoms. The van der Waals surface area contributed by atoms with Gasteiger partial charge in [0.15, 0.2) is 5.65 Å². The fourth-order valence-electron chi connectivity index (χ4n) is 3.49. The van der Waals surface area contributed by atoms with E-state index in [4.69, 9.17) is 0 Å². The summed E-state index contributed by atoms with van der Waals surface area (Å²) in [4.78, 5) is 22.7. The lowest BCUT2D eigenvalue weighted by atomic mass is 10.1. The monoisotopic (exact) mass is 419 g/mol. The van der Waals surface area contributed by atoms with Gasteiger partial charge in [-0.25, -0.2) is 9.97 Å². The molecule has 30 heavy (non-hydrogen) atoms. The van der Waals surface area contributed by atoms with Crippen molar-refractivity contribution >= 4 is 28.4 Å². The molecule has 1 amide bonds. The van der Waals surface area contributed by atoms with Gasteiger partial charge in [-0.3, -0.25) is 9.89 Å². The van der Waals surface area contributed by atoms with Gasteiger partial charge in [-0.05, 0) is 31.0 Å². The van der Waals surface area contributed by atoms with Crippen LogP contribution in [0.25, 0.3) is 11.0 Å². The summed E-state index contributed by atoms with van der Waals surface area (Å²) in [5.74, 6) is 0.477. The van der Waals surface area contributed by atoms with Gasteiger partial charge in [0.05, 0.1) is 23.7 Å². The highest BCUT2D eigenvalue weighted by molar-refractivity contribution is 5.85. The number of anilines is 2. The maximum Gasteiger partial charge on any atom is 0.416 e. The first-order chi connectivity index (χ1) is 14.4. The van der Waals surface area contributed by atoms with E-state index >= 15 is 0 Å². The van der Waals surface area contributed by atoms with Gasteiger partial charge in [0, 0.05) is 24.8 Å². The van der Waals surface area contributed by atoms with Crippen LogP contribution in [0.2, 0.25) is 0 Å². The maximum absolute atomic E-state index is 12.8. The number of nitrogens with one attached hydrogen (secondary N) is 3. The largest absolute Gasteiger partial charge is 0.416 e. The number of aromatic amines is 1. The molecule has 8 nitrogen and oxygen atoms in total. The normalized spacial score (nSPS) is 17.2. The van der Waals surface area contributed by atoms with Crippen molar-refractivity contribution in [2.24, 2.45) is 0 Å². The standard InChI is InChI=1S/C19H20F3N7O/c20-19(21,22)12-3-1-4-13(7-12)23-9-16(30)29-6-2-5-14(10-29)27-17-15-8-26-28-18(15)25-11-24-17/h1,3-4,7-8,11,14,23H,2,5-6,9-10H2,(H2,24,25,26,27,28)/t14-/m0/s1. The number of carbonyl (C=O) groups is 1. The molecule has 1 aliphatic rings. The first kappa shape index (κ1) is 19.9. The number of halogens is 3. The Morgan fingerprint density at radius 2 is 2.17 bits per heavy atom. The Morgan fingerprint density at radius 3 is 3.00 bits per heavy atom. The zero-order valence-corrected chi connectivity index (χ0v) is 15.9. The summed E-state index contributed by atoms with van der Waals surface area (Å²) in [7, 11) is 0. The van der Waals surface area contributed by atoms with Crippen LogP contribution in [0.4, 0.5) is 24.7 Å². The summed E-state index contributed by atoms with van der Waals surface area (Å²) in [5, 5.41) is 13.7. The molecule has 1 aromatic carbocycles. The van der Waals surface area contributed by atoms with Crippen molar-refractivity contribution in [1.82, 2.24) is 25.1 Å². The molecule has 0 saturated carbocycles. The average molecular weight is 419 g/mol. The highest BCUT2D eigenvalue weighted by Crippen LogP contribution is 2.30. The minimum absolute atomic E-state index is 0.00394. The van der Waals surface area contributed by atoms with Gasteiger partial charge >= 0.3 is 6.18 Å². The second kappa shape index (κ2) is 8.17. The zero-order valence-electron chi connectivity index (χ0n) is 15.9. The second-order valence-corrected chi connectivity index (χ2v) is 7.11. The molecule has 4 rings (SSSR count). The number of hydrogen-bond acceptors (Lipinski definition) is 6. The Bertz CT molecular complexity index is 1040. The highest BCUT2D eigenvalue weighted by atomic mass is 19.4. The Labute approximate surface area is 169 Å². The average Bonchev–Trinajstić information content (AvgIpc) is 3.22. The fourth-order valence-corrected chi connectivity index (χ4v) is 3.49. The Morgan fingerprint density at radius 1 is 1.30 bits per heavy atom. The number of likely N-dealkylation sites (tertiary alicyclic amines) is 1. The number of carbonyl (C=O) groups excluding carboxylic acids is 1. The molecule has 1 atom stereocenters.